The van der Waals surface area contributed by atoms with E-state index in [0.717, 1.165) is 45.5 Å². The summed E-state index contributed by atoms with van der Waals surface area (Å²) >= 11 is 0. The monoisotopic (exact) mass is 267 g/mol. The van der Waals surface area contributed by atoms with Crippen molar-refractivity contribution in [1.82, 2.24) is 4.90 Å². The van der Waals surface area contributed by atoms with Gasteiger partial charge in [-0.05, 0) is 31.7 Å². The van der Waals surface area contributed by atoms with Gasteiger partial charge in [0.05, 0.1) is 6.61 Å². The molecule has 3 atom stereocenters. The van der Waals surface area contributed by atoms with E-state index in [-0.39, 0.29) is 12.0 Å². The van der Waals surface area contributed by atoms with Gasteiger partial charge in [-0.3, -0.25) is 9.69 Å². The van der Waals surface area contributed by atoms with Crippen LogP contribution in [0.4, 0.5) is 0 Å². The Morgan fingerprint density at radius 3 is 2.79 bits per heavy atom. The Labute approximate surface area is 117 Å². The van der Waals surface area contributed by atoms with Gasteiger partial charge >= 0.3 is 0 Å². The fraction of sp³-hybridized carbons (Fsp3) is 0.938. The first-order valence-electron chi connectivity index (χ1n) is 8.14. The average Bonchev–Trinajstić information content (AvgIpc) is 2.47. The Balaban J connectivity index is 1.93. The zero-order chi connectivity index (χ0) is 13.7. The van der Waals surface area contributed by atoms with Gasteiger partial charge < -0.3 is 4.74 Å². The standard InChI is InChI=1S/C16H29NO2/c1-3-9-17-10-11-19-15(12-17)16(18)14-8-6-5-7-13(14)4-2/h13-15H,3-12H2,1-2H3. The van der Waals surface area contributed by atoms with Gasteiger partial charge in [-0.25, -0.2) is 0 Å². The zero-order valence-electron chi connectivity index (χ0n) is 12.6. The first-order valence-corrected chi connectivity index (χ1v) is 8.14. The number of hydrogen-bond donors (Lipinski definition) is 0. The van der Waals surface area contributed by atoms with Crippen molar-refractivity contribution in [2.75, 3.05) is 26.2 Å². The van der Waals surface area contributed by atoms with E-state index in [0.29, 0.717) is 11.7 Å². The molecule has 0 N–H and O–H groups in total. The van der Waals surface area contributed by atoms with Crippen LogP contribution in [0.1, 0.15) is 52.4 Å². The molecule has 0 aromatic carbocycles. The summed E-state index contributed by atoms with van der Waals surface area (Å²) < 4.78 is 5.77. The lowest BCUT2D eigenvalue weighted by molar-refractivity contribution is -0.143. The fourth-order valence-electron chi connectivity index (χ4n) is 3.70. The van der Waals surface area contributed by atoms with Gasteiger partial charge in [0.1, 0.15) is 6.10 Å². The summed E-state index contributed by atoms with van der Waals surface area (Å²) in [7, 11) is 0. The first-order chi connectivity index (χ1) is 9.26. The summed E-state index contributed by atoms with van der Waals surface area (Å²) in [4.78, 5) is 15.1. The molecule has 0 spiro atoms. The predicted molar refractivity (Wildman–Crippen MR) is 77.2 cm³/mol. The van der Waals surface area contributed by atoms with E-state index in [1.165, 1.54) is 19.3 Å². The van der Waals surface area contributed by atoms with Gasteiger partial charge in [-0.15, -0.1) is 0 Å². The maximum atomic E-state index is 12.7. The molecule has 0 bridgehead atoms. The van der Waals surface area contributed by atoms with Gasteiger partial charge in [0.25, 0.3) is 0 Å². The number of ether oxygens (including phenoxy) is 1. The maximum absolute atomic E-state index is 12.7. The molecule has 1 heterocycles. The Morgan fingerprint density at radius 1 is 1.26 bits per heavy atom. The lowest BCUT2D eigenvalue weighted by atomic mass is 9.74. The molecular formula is C16H29NO2. The summed E-state index contributed by atoms with van der Waals surface area (Å²) in [6, 6.07) is 0. The third-order valence-corrected chi connectivity index (χ3v) is 4.81. The molecular weight excluding hydrogens is 238 g/mol. The number of morpholine rings is 1. The van der Waals surface area contributed by atoms with E-state index in [2.05, 4.69) is 18.7 Å². The van der Waals surface area contributed by atoms with E-state index in [4.69, 9.17) is 4.74 Å². The zero-order valence-corrected chi connectivity index (χ0v) is 12.6. The van der Waals surface area contributed by atoms with Crippen LogP contribution in [-0.4, -0.2) is 43.0 Å². The van der Waals surface area contributed by atoms with Crippen molar-refractivity contribution in [2.45, 2.75) is 58.5 Å². The maximum Gasteiger partial charge on any atom is 0.166 e. The Hall–Kier alpha value is -0.410. The molecule has 1 saturated carbocycles. The average molecular weight is 267 g/mol. The quantitative estimate of drug-likeness (QED) is 0.767. The lowest BCUT2D eigenvalue weighted by Gasteiger charge is -2.36. The van der Waals surface area contributed by atoms with E-state index in [9.17, 15) is 4.79 Å². The highest BCUT2D eigenvalue weighted by molar-refractivity contribution is 5.86. The first kappa shape index (κ1) is 15.0. The third-order valence-electron chi connectivity index (χ3n) is 4.81. The minimum absolute atomic E-state index is 0.155. The van der Waals surface area contributed by atoms with Crippen LogP contribution in [0.5, 0.6) is 0 Å². The van der Waals surface area contributed by atoms with Crippen LogP contribution in [0, 0.1) is 11.8 Å². The fourth-order valence-corrected chi connectivity index (χ4v) is 3.70. The lowest BCUT2D eigenvalue weighted by Crippen LogP contribution is -2.49. The molecule has 3 unspecified atom stereocenters. The van der Waals surface area contributed by atoms with Crippen molar-refractivity contribution in [3.63, 3.8) is 0 Å². The van der Waals surface area contributed by atoms with Gasteiger partial charge in [0, 0.05) is 19.0 Å². The second-order valence-electron chi connectivity index (χ2n) is 6.12. The molecule has 1 saturated heterocycles. The molecule has 0 aromatic heterocycles. The second kappa shape index (κ2) is 7.39. The predicted octanol–water partition coefficient (Wildman–Crippen LogP) is 2.88. The third kappa shape index (κ3) is 3.79. The number of nitrogens with zero attached hydrogens (tertiary/aromatic N) is 1. The number of Topliss-reactive ketones (excluding diaryl/α,β-unsaturated/α-hetero) is 1. The highest BCUT2D eigenvalue weighted by Crippen LogP contribution is 2.34. The number of carbonyl (C=O) groups is 1. The molecule has 1 aliphatic heterocycles. The molecule has 19 heavy (non-hydrogen) atoms. The van der Waals surface area contributed by atoms with Crippen LogP contribution in [0.15, 0.2) is 0 Å². The Kier molecular flexibility index (Phi) is 5.83. The van der Waals surface area contributed by atoms with Gasteiger partial charge in [0.15, 0.2) is 5.78 Å². The van der Waals surface area contributed by atoms with Crippen LogP contribution < -0.4 is 0 Å². The van der Waals surface area contributed by atoms with E-state index in [1.54, 1.807) is 0 Å². The Morgan fingerprint density at radius 2 is 2.05 bits per heavy atom. The number of ketones is 1. The van der Waals surface area contributed by atoms with E-state index in [1.807, 2.05) is 0 Å². The van der Waals surface area contributed by atoms with Crippen LogP contribution in [0.25, 0.3) is 0 Å². The van der Waals surface area contributed by atoms with Crippen molar-refractivity contribution in [3.05, 3.63) is 0 Å². The smallest absolute Gasteiger partial charge is 0.166 e. The number of hydrogen-bond acceptors (Lipinski definition) is 3. The molecule has 2 rings (SSSR count). The van der Waals surface area contributed by atoms with Crippen molar-refractivity contribution in [2.24, 2.45) is 11.8 Å². The summed E-state index contributed by atoms with van der Waals surface area (Å²) in [5, 5.41) is 0. The molecule has 0 amide bonds. The normalized spacial score (nSPS) is 33.3. The molecule has 0 radical (unpaired) electrons. The van der Waals surface area contributed by atoms with Crippen LogP contribution in [0.2, 0.25) is 0 Å². The molecule has 2 aliphatic rings. The van der Waals surface area contributed by atoms with Crippen molar-refractivity contribution in [1.29, 1.82) is 0 Å². The van der Waals surface area contributed by atoms with Crippen LogP contribution in [-0.2, 0) is 9.53 Å². The van der Waals surface area contributed by atoms with Crippen molar-refractivity contribution in [3.8, 4) is 0 Å². The topological polar surface area (TPSA) is 29.5 Å². The molecule has 2 fully saturated rings. The summed E-state index contributed by atoms with van der Waals surface area (Å²) in [5.74, 6) is 1.27. The highest BCUT2D eigenvalue weighted by atomic mass is 16.5. The van der Waals surface area contributed by atoms with E-state index >= 15 is 0 Å². The minimum Gasteiger partial charge on any atom is -0.368 e. The summed E-state index contributed by atoms with van der Waals surface area (Å²) in [6.07, 6.45) is 6.98. The number of rotatable bonds is 5. The van der Waals surface area contributed by atoms with Gasteiger partial charge in [0.2, 0.25) is 0 Å². The second-order valence-corrected chi connectivity index (χ2v) is 6.12. The largest absolute Gasteiger partial charge is 0.368 e. The van der Waals surface area contributed by atoms with Crippen molar-refractivity contribution < 1.29 is 9.53 Å². The summed E-state index contributed by atoms with van der Waals surface area (Å²) in [5.41, 5.74) is 0. The van der Waals surface area contributed by atoms with Gasteiger partial charge in [-0.2, -0.15) is 0 Å². The summed E-state index contributed by atoms with van der Waals surface area (Å²) in [6.45, 7) is 8.04. The molecule has 1 aliphatic carbocycles. The van der Waals surface area contributed by atoms with Gasteiger partial charge in [-0.1, -0.05) is 33.1 Å². The minimum atomic E-state index is -0.155. The molecule has 3 nitrogen and oxygen atoms in total. The molecule has 110 valence electrons. The number of carbonyl (C=O) groups excluding carboxylic acids is 1. The SMILES string of the molecule is CCCN1CCOC(C(=O)C2CCCCC2CC)C1. The van der Waals surface area contributed by atoms with Crippen LogP contribution in [0.3, 0.4) is 0 Å². The molecule has 0 aromatic rings. The Bertz CT molecular complexity index is 290. The van der Waals surface area contributed by atoms with Crippen LogP contribution >= 0.6 is 0 Å². The van der Waals surface area contributed by atoms with Crippen molar-refractivity contribution >= 4 is 5.78 Å². The highest BCUT2D eigenvalue weighted by Gasteiger charge is 2.36. The molecule has 3 heteroatoms. The van der Waals surface area contributed by atoms with E-state index < -0.39 is 0 Å².